The van der Waals surface area contributed by atoms with Crippen LogP contribution in [0.3, 0.4) is 0 Å². The van der Waals surface area contributed by atoms with Gasteiger partial charge >= 0.3 is 5.97 Å². The average molecular weight is 393 g/mol. The van der Waals surface area contributed by atoms with Gasteiger partial charge in [0.25, 0.3) is 10.0 Å². The Hall–Kier alpha value is -2.91. The molecule has 0 unspecified atom stereocenters. The van der Waals surface area contributed by atoms with Crippen molar-refractivity contribution in [3.05, 3.63) is 59.6 Å². The Balaban J connectivity index is 2.03. The highest BCUT2D eigenvalue weighted by Crippen LogP contribution is 2.30. The van der Waals surface area contributed by atoms with E-state index in [1.807, 2.05) is 0 Å². The zero-order chi connectivity index (χ0) is 19.6. The largest absolute Gasteiger partial charge is 0.465 e. The van der Waals surface area contributed by atoms with Gasteiger partial charge in [-0.1, -0.05) is 0 Å². The van der Waals surface area contributed by atoms with E-state index in [0.717, 1.165) is 24.3 Å². The molecule has 1 N–H and O–H groups in total. The van der Waals surface area contributed by atoms with E-state index in [4.69, 9.17) is 13.9 Å². The van der Waals surface area contributed by atoms with Crippen LogP contribution in [-0.4, -0.2) is 28.6 Å². The summed E-state index contributed by atoms with van der Waals surface area (Å²) in [6.45, 7) is 0.0513. The molecule has 0 bridgehead atoms. The molecular weight excluding hydrogens is 377 g/mol. The zero-order valence-electron chi connectivity index (χ0n) is 14.5. The summed E-state index contributed by atoms with van der Waals surface area (Å²) >= 11 is 0. The number of fused-ring (bicyclic) bond motifs is 1. The number of hydrogen-bond acceptors (Lipinski definition) is 6. The minimum Gasteiger partial charge on any atom is -0.465 e. The van der Waals surface area contributed by atoms with Gasteiger partial charge in [0.1, 0.15) is 29.3 Å². The molecule has 7 nitrogen and oxygen atoms in total. The number of rotatable bonds is 6. The first-order chi connectivity index (χ1) is 12.9. The Morgan fingerprint density at radius 2 is 1.85 bits per heavy atom. The lowest BCUT2D eigenvalue weighted by Gasteiger charge is -2.08. The molecule has 142 valence electrons. The van der Waals surface area contributed by atoms with Gasteiger partial charge in [-0.05, 0) is 42.5 Å². The second kappa shape index (κ2) is 7.37. The van der Waals surface area contributed by atoms with Crippen molar-refractivity contribution in [2.24, 2.45) is 0 Å². The van der Waals surface area contributed by atoms with Crippen molar-refractivity contribution in [3.8, 4) is 0 Å². The van der Waals surface area contributed by atoms with Crippen LogP contribution in [0.5, 0.6) is 0 Å². The highest BCUT2D eigenvalue weighted by atomic mass is 32.2. The quantitative estimate of drug-likeness (QED) is 0.646. The summed E-state index contributed by atoms with van der Waals surface area (Å²) in [6.07, 6.45) is 0. The summed E-state index contributed by atoms with van der Waals surface area (Å²) in [6, 6.07) is 8.91. The predicted molar refractivity (Wildman–Crippen MR) is 95.5 cm³/mol. The fraction of sp³-hybridized carbons (Fsp3) is 0.167. The van der Waals surface area contributed by atoms with Crippen molar-refractivity contribution >= 4 is 32.6 Å². The third kappa shape index (κ3) is 3.79. The number of halogens is 1. The number of anilines is 1. The molecule has 0 saturated heterocycles. The molecule has 0 spiro atoms. The van der Waals surface area contributed by atoms with E-state index >= 15 is 0 Å². The van der Waals surface area contributed by atoms with Crippen LogP contribution in [0.1, 0.15) is 16.1 Å². The molecule has 3 rings (SSSR count). The predicted octanol–water partition coefficient (Wildman–Crippen LogP) is 3.31. The Morgan fingerprint density at radius 1 is 1.15 bits per heavy atom. The van der Waals surface area contributed by atoms with Crippen LogP contribution in [0.25, 0.3) is 11.0 Å². The van der Waals surface area contributed by atoms with Crippen LogP contribution < -0.4 is 4.72 Å². The minimum absolute atomic E-state index is 0.0513. The maximum atomic E-state index is 13.0. The standard InChI is InChI=1S/C18H16FNO6S/c1-24-10-16-17(18(21)25-2)14-9-12(5-8-15(14)26-16)20-27(22,23)13-6-3-11(19)4-7-13/h3-9,20H,10H2,1-2H3. The summed E-state index contributed by atoms with van der Waals surface area (Å²) in [4.78, 5) is 12.0. The molecule has 0 fully saturated rings. The van der Waals surface area contributed by atoms with Crippen LogP contribution in [0, 0.1) is 5.82 Å². The second-order valence-corrected chi connectivity index (χ2v) is 7.28. The monoisotopic (exact) mass is 393 g/mol. The number of nitrogens with one attached hydrogen (secondary N) is 1. The van der Waals surface area contributed by atoms with Crippen LogP contribution >= 0.6 is 0 Å². The van der Waals surface area contributed by atoms with Crippen LogP contribution in [0.2, 0.25) is 0 Å². The van der Waals surface area contributed by atoms with Crippen molar-refractivity contribution in [2.75, 3.05) is 18.9 Å². The molecule has 0 aliphatic heterocycles. The minimum atomic E-state index is -3.93. The topological polar surface area (TPSA) is 94.8 Å². The molecular formula is C18H16FNO6S. The van der Waals surface area contributed by atoms with Gasteiger partial charge in [-0.3, -0.25) is 4.72 Å². The summed E-state index contributed by atoms with van der Waals surface area (Å²) in [5.74, 6) is -0.889. The van der Waals surface area contributed by atoms with E-state index < -0.39 is 21.8 Å². The number of ether oxygens (including phenoxy) is 2. The van der Waals surface area contributed by atoms with Crippen LogP contribution in [0.15, 0.2) is 51.8 Å². The van der Waals surface area contributed by atoms with Gasteiger partial charge in [-0.15, -0.1) is 0 Å². The molecule has 0 saturated carbocycles. The average Bonchev–Trinajstić information content (AvgIpc) is 2.98. The number of benzene rings is 2. The first-order valence-corrected chi connectivity index (χ1v) is 9.25. The fourth-order valence-electron chi connectivity index (χ4n) is 2.60. The Labute approximate surface area is 154 Å². The molecule has 0 amide bonds. The lowest BCUT2D eigenvalue weighted by molar-refractivity contribution is 0.0594. The second-order valence-electron chi connectivity index (χ2n) is 5.60. The Kier molecular flexibility index (Phi) is 5.15. The number of furan rings is 1. The van der Waals surface area contributed by atoms with E-state index in [9.17, 15) is 17.6 Å². The van der Waals surface area contributed by atoms with Crippen molar-refractivity contribution in [3.63, 3.8) is 0 Å². The third-order valence-corrected chi connectivity index (χ3v) is 5.20. The van der Waals surface area contributed by atoms with E-state index in [1.54, 1.807) is 0 Å². The van der Waals surface area contributed by atoms with Crippen molar-refractivity contribution < 1.29 is 31.5 Å². The summed E-state index contributed by atoms with van der Waals surface area (Å²) in [5, 5.41) is 0.383. The number of carbonyl (C=O) groups excluding carboxylic acids is 1. The molecule has 27 heavy (non-hydrogen) atoms. The van der Waals surface area contributed by atoms with Gasteiger partial charge in [-0.25, -0.2) is 17.6 Å². The molecule has 0 aliphatic rings. The maximum absolute atomic E-state index is 13.0. The van der Waals surface area contributed by atoms with E-state index in [2.05, 4.69) is 4.72 Å². The SMILES string of the molecule is COCc1oc2ccc(NS(=O)(=O)c3ccc(F)cc3)cc2c1C(=O)OC. The van der Waals surface area contributed by atoms with Gasteiger partial charge in [0.15, 0.2) is 0 Å². The molecule has 1 heterocycles. The maximum Gasteiger partial charge on any atom is 0.342 e. The zero-order valence-corrected chi connectivity index (χ0v) is 15.3. The molecule has 3 aromatic rings. The van der Waals surface area contributed by atoms with Gasteiger partial charge < -0.3 is 13.9 Å². The Bertz CT molecular complexity index is 1090. The molecule has 0 aliphatic carbocycles. The fourth-order valence-corrected chi connectivity index (χ4v) is 3.65. The van der Waals surface area contributed by atoms with Crippen LogP contribution in [-0.2, 0) is 26.1 Å². The number of sulfonamides is 1. The van der Waals surface area contributed by atoms with Gasteiger partial charge in [-0.2, -0.15) is 0 Å². The lowest BCUT2D eigenvalue weighted by Crippen LogP contribution is -2.13. The van der Waals surface area contributed by atoms with Crippen molar-refractivity contribution in [1.29, 1.82) is 0 Å². The number of hydrogen-bond donors (Lipinski definition) is 1. The molecule has 1 aromatic heterocycles. The number of methoxy groups -OCH3 is 2. The number of esters is 1. The van der Waals surface area contributed by atoms with Crippen LogP contribution in [0.4, 0.5) is 10.1 Å². The van der Waals surface area contributed by atoms with E-state index in [1.165, 1.54) is 32.4 Å². The first kappa shape index (κ1) is 18.9. The normalized spacial score (nSPS) is 11.5. The molecule has 9 heteroatoms. The van der Waals surface area contributed by atoms with E-state index in [0.29, 0.717) is 11.0 Å². The molecule has 0 radical (unpaired) electrons. The summed E-state index contributed by atoms with van der Waals surface area (Å²) in [5.41, 5.74) is 0.756. The summed E-state index contributed by atoms with van der Waals surface area (Å²) in [7, 11) is -1.24. The van der Waals surface area contributed by atoms with Crippen molar-refractivity contribution in [2.45, 2.75) is 11.5 Å². The highest BCUT2D eigenvalue weighted by molar-refractivity contribution is 7.92. The smallest absolute Gasteiger partial charge is 0.342 e. The highest BCUT2D eigenvalue weighted by Gasteiger charge is 2.22. The third-order valence-electron chi connectivity index (χ3n) is 3.80. The van der Waals surface area contributed by atoms with Gasteiger partial charge in [0.2, 0.25) is 0 Å². The van der Waals surface area contributed by atoms with E-state index in [-0.39, 0.29) is 28.5 Å². The van der Waals surface area contributed by atoms with Gasteiger partial charge in [0.05, 0.1) is 12.0 Å². The van der Waals surface area contributed by atoms with Crippen molar-refractivity contribution in [1.82, 2.24) is 0 Å². The number of carbonyl (C=O) groups is 1. The first-order valence-electron chi connectivity index (χ1n) is 7.77. The van der Waals surface area contributed by atoms with Gasteiger partial charge in [0, 0.05) is 18.2 Å². The molecule has 0 atom stereocenters. The Morgan fingerprint density at radius 3 is 2.48 bits per heavy atom. The molecule has 2 aromatic carbocycles. The lowest BCUT2D eigenvalue weighted by atomic mass is 10.1. The summed E-state index contributed by atoms with van der Waals surface area (Å²) < 4.78 is 55.7.